The molecule has 0 fully saturated rings. The quantitative estimate of drug-likeness (QED) is 0.120. The minimum atomic E-state index is -1.65. The fraction of sp³-hybridized carbons (Fsp3) is 0.306. The first-order chi connectivity index (χ1) is 25.5. The summed E-state index contributed by atoms with van der Waals surface area (Å²) in [5, 5.41) is 5.34. The van der Waals surface area contributed by atoms with Crippen LogP contribution in [0.2, 0.25) is 13.1 Å². The molecule has 0 N–H and O–H groups in total. The number of furan rings is 1. The molecule has 0 saturated carbocycles. The Kier molecular flexibility index (Phi) is 14.3. The smallest absolute Gasteiger partial charge is 0.0896 e. The molecule has 54 heavy (non-hydrogen) atoms. The van der Waals surface area contributed by atoms with Crippen molar-refractivity contribution >= 4 is 44.0 Å². The Balaban J connectivity index is 0.000000183. The fourth-order valence-corrected chi connectivity index (χ4v) is 7.12. The van der Waals surface area contributed by atoms with E-state index in [1.165, 1.54) is 96.4 Å². The average molecular weight is 851 g/mol. The van der Waals surface area contributed by atoms with Gasteiger partial charge < -0.3 is 4.42 Å². The molecule has 1 heterocycles. The third kappa shape index (κ3) is 10.5. The molecule has 282 valence electrons. The Hall–Kier alpha value is -2.94. The van der Waals surface area contributed by atoms with Gasteiger partial charge in [-0.05, 0) is 80.8 Å². The summed E-state index contributed by atoms with van der Waals surface area (Å²) in [6, 6.07) is 38.2. The summed E-state index contributed by atoms with van der Waals surface area (Å²) in [6.07, 6.45) is 3.72. The van der Waals surface area contributed by atoms with Gasteiger partial charge in [0, 0.05) is 0 Å². The SMILES string of the molecule is CCCCc1cc2c(-c3cc(C)cc(C)c3)c(C)ccc2[cH-]1.C[Si](C)=[Zr]([Cl])[Cl].Cc1ccc(-c2cc3c(-c4ccc(C(C)(C)C)cc4)c(C)ccc3[cH-]2)o1. The molecule has 0 radical (unpaired) electrons. The van der Waals surface area contributed by atoms with Gasteiger partial charge in [-0.1, -0.05) is 122 Å². The molecule has 0 spiro atoms. The zero-order valence-electron chi connectivity index (χ0n) is 34.1. The second-order valence-corrected chi connectivity index (χ2v) is 39.1. The van der Waals surface area contributed by atoms with E-state index >= 15 is 0 Å². The first kappa shape index (κ1) is 42.2. The van der Waals surface area contributed by atoms with Crippen molar-refractivity contribution < 1.29 is 22.4 Å². The molecule has 0 bridgehead atoms. The molecule has 0 aliphatic rings. The molecule has 6 aromatic carbocycles. The van der Waals surface area contributed by atoms with E-state index in [4.69, 9.17) is 21.4 Å². The number of hydrogen-bond acceptors (Lipinski definition) is 1. The molecule has 0 aliphatic carbocycles. The van der Waals surface area contributed by atoms with Gasteiger partial charge >= 0.3 is 53.5 Å². The average Bonchev–Trinajstić information content (AvgIpc) is 3.85. The maximum atomic E-state index is 5.83. The number of fused-ring (bicyclic) bond motifs is 2. The molecule has 0 unspecified atom stereocenters. The molecule has 0 saturated heterocycles. The van der Waals surface area contributed by atoms with E-state index in [0.717, 1.165) is 17.1 Å². The topological polar surface area (TPSA) is 13.1 Å². The van der Waals surface area contributed by atoms with E-state index in [1.54, 1.807) is 0 Å². The third-order valence-electron chi connectivity index (χ3n) is 10.0. The van der Waals surface area contributed by atoms with Crippen LogP contribution in [0, 0.1) is 34.6 Å². The zero-order chi connectivity index (χ0) is 39.3. The first-order valence-electron chi connectivity index (χ1n) is 19.2. The summed E-state index contributed by atoms with van der Waals surface area (Å²) in [5.74, 6) is 1.88. The Morgan fingerprint density at radius 1 is 0.667 bits per heavy atom. The van der Waals surface area contributed by atoms with Crippen LogP contribution in [0.5, 0.6) is 0 Å². The molecular formula is C49H56Cl2OSiZr-2. The molecule has 7 aromatic rings. The maximum Gasteiger partial charge on any atom is 0.0896 e. The van der Waals surface area contributed by atoms with Crippen molar-refractivity contribution in [2.45, 2.75) is 100 Å². The van der Waals surface area contributed by atoms with Crippen molar-refractivity contribution in [2.75, 3.05) is 0 Å². The summed E-state index contributed by atoms with van der Waals surface area (Å²) < 4.78 is 5.83. The molecular weight excluding hydrogens is 795 g/mol. The largest absolute Gasteiger partial charge is 0.496 e. The van der Waals surface area contributed by atoms with Crippen LogP contribution in [0.25, 0.3) is 55.1 Å². The minimum Gasteiger partial charge on any atom is -0.496 e. The van der Waals surface area contributed by atoms with E-state index in [2.05, 4.69) is 159 Å². The normalized spacial score (nSPS) is 11.3. The van der Waals surface area contributed by atoms with Crippen LogP contribution in [0.15, 0.2) is 108 Å². The van der Waals surface area contributed by atoms with E-state index < -0.39 is 18.0 Å². The monoisotopic (exact) mass is 848 g/mol. The fourth-order valence-electron chi connectivity index (χ4n) is 7.12. The molecule has 1 nitrogen and oxygen atoms in total. The summed E-state index contributed by atoms with van der Waals surface area (Å²) in [6.45, 7) is 24.1. The van der Waals surface area contributed by atoms with Gasteiger partial charge in [0.1, 0.15) is 0 Å². The number of unbranched alkanes of at least 4 members (excludes halogenated alkanes) is 1. The second kappa shape index (κ2) is 18.3. The van der Waals surface area contributed by atoms with Gasteiger partial charge in [-0.3, -0.25) is 0 Å². The van der Waals surface area contributed by atoms with Crippen LogP contribution >= 0.6 is 17.0 Å². The van der Waals surface area contributed by atoms with Crippen LogP contribution in [0.3, 0.4) is 0 Å². The Bertz CT molecular complexity index is 2360. The molecule has 7 rings (SSSR count). The van der Waals surface area contributed by atoms with Gasteiger partial charge in [0.15, 0.2) is 0 Å². The van der Waals surface area contributed by atoms with Crippen LogP contribution in [-0.2, 0) is 29.8 Å². The van der Waals surface area contributed by atoms with Crippen molar-refractivity contribution in [1.82, 2.24) is 0 Å². The number of halogens is 2. The molecule has 5 heteroatoms. The van der Waals surface area contributed by atoms with Crippen LogP contribution in [0.1, 0.15) is 79.7 Å². The van der Waals surface area contributed by atoms with Crippen molar-refractivity contribution in [2.24, 2.45) is 0 Å². The van der Waals surface area contributed by atoms with Crippen LogP contribution < -0.4 is 0 Å². The van der Waals surface area contributed by atoms with Crippen LogP contribution in [0.4, 0.5) is 0 Å². The molecule has 0 atom stereocenters. The molecule has 0 aliphatic heterocycles. The number of rotatable bonds is 6. The Labute approximate surface area is 339 Å². The minimum absolute atomic E-state index is 0.171. The van der Waals surface area contributed by atoms with Gasteiger partial charge in [-0.25, -0.2) is 0 Å². The zero-order valence-corrected chi connectivity index (χ0v) is 39.1. The second-order valence-electron chi connectivity index (χ2n) is 16.1. The summed E-state index contributed by atoms with van der Waals surface area (Å²) in [7, 11) is 11.2. The first-order valence-corrected chi connectivity index (χ1v) is 31.7. The van der Waals surface area contributed by atoms with E-state index in [0.29, 0.717) is 0 Å². The standard InChI is InChI=1S/C25H25O.C22H25.C2H6Si.2ClH.Zr/c1-16-6-8-19-14-20(23-13-7-17(2)26-23)15-22(19)24(16)18-9-11-21(12-10-18)25(3,4)5;1-5-6-7-18-13-19-9-8-17(4)22(21(19)14-18)20-11-15(2)10-16(3)12-20;1-3-2;;;/h6-15H,1-5H3;8-14H,5-7H2,1-4H3;1-2H3;2*1H;/q2*-1;;;;+2/p-2. The predicted octanol–water partition coefficient (Wildman–Crippen LogP) is 16.1. The number of hydrogen-bond donors (Lipinski definition) is 0. The van der Waals surface area contributed by atoms with Crippen LogP contribution in [-0.4, -0.2) is 5.43 Å². The summed E-state index contributed by atoms with van der Waals surface area (Å²) >= 11 is -1.65. The number of benzene rings is 4. The van der Waals surface area contributed by atoms with E-state index in [1.807, 2.05) is 19.1 Å². The van der Waals surface area contributed by atoms with E-state index in [-0.39, 0.29) is 10.8 Å². The molecule has 1 aromatic heterocycles. The summed E-state index contributed by atoms with van der Waals surface area (Å²) in [4.78, 5) is 0. The third-order valence-corrected chi connectivity index (χ3v) is 29.8. The van der Waals surface area contributed by atoms with Crippen molar-refractivity contribution in [3.8, 4) is 33.6 Å². The summed E-state index contributed by atoms with van der Waals surface area (Å²) in [5.41, 5.74) is 14.6. The van der Waals surface area contributed by atoms with Gasteiger partial charge in [-0.15, -0.1) is 63.5 Å². The Morgan fingerprint density at radius 2 is 1.22 bits per heavy atom. The maximum absolute atomic E-state index is 5.83. The number of aryl methyl sites for hydroxylation is 6. The van der Waals surface area contributed by atoms with E-state index in [9.17, 15) is 0 Å². The van der Waals surface area contributed by atoms with Gasteiger partial charge in [-0.2, -0.15) is 6.07 Å². The van der Waals surface area contributed by atoms with Crippen molar-refractivity contribution in [3.63, 3.8) is 0 Å². The molecule has 0 amide bonds. The van der Waals surface area contributed by atoms with Crippen molar-refractivity contribution in [1.29, 1.82) is 0 Å². The Morgan fingerprint density at radius 3 is 1.74 bits per heavy atom. The van der Waals surface area contributed by atoms with Crippen molar-refractivity contribution in [3.05, 3.63) is 142 Å². The van der Waals surface area contributed by atoms with Gasteiger partial charge in [0.25, 0.3) is 0 Å². The van der Waals surface area contributed by atoms with Gasteiger partial charge in [0.2, 0.25) is 0 Å². The van der Waals surface area contributed by atoms with Gasteiger partial charge in [0.05, 0.1) is 11.5 Å². The predicted molar refractivity (Wildman–Crippen MR) is 238 cm³/mol.